The summed E-state index contributed by atoms with van der Waals surface area (Å²) >= 11 is 0. The molecule has 0 fully saturated rings. The van der Waals surface area contributed by atoms with Gasteiger partial charge in [0, 0.05) is 32.4 Å². The van der Waals surface area contributed by atoms with E-state index in [4.69, 9.17) is 56.8 Å². The lowest BCUT2D eigenvalue weighted by Gasteiger charge is -2.20. The summed E-state index contributed by atoms with van der Waals surface area (Å²) in [5, 5.41) is 5.60. The van der Waals surface area contributed by atoms with Crippen molar-refractivity contribution < 1.29 is 71.2 Å². The molecule has 332 valence electrons. The van der Waals surface area contributed by atoms with Gasteiger partial charge < -0.3 is 67.5 Å². The average molecular weight is 813 g/mol. The van der Waals surface area contributed by atoms with Crippen LogP contribution in [0.25, 0.3) is 0 Å². The molecule has 0 radical (unpaired) electrons. The number of hydrogen-bond acceptors (Lipinski definition) is 15. The van der Waals surface area contributed by atoms with Crippen LogP contribution in [-0.4, -0.2) is 189 Å². The van der Waals surface area contributed by atoms with Crippen LogP contribution in [-0.2, 0) is 71.2 Å². The fourth-order valence-corrected chi connectivity index (χ4v) is 4.44. The molecule has 0 unspecified atom stereocenters. The highest BCUT2D eigenvalue weighted by Crippen LogP contribution is 2.09. The van der Waals surface area contributed by atoms with E-state index in [0.29, 0.717) is 171 Å². The van der Waals surface area contributed by atoms with E-state index in [9.17, 15) is 14.4 Å². The summed E-state index contributed by atoms with van der Waals surface area (Å²) in [5.41, 5.74) is 0. The molecule has 1 atom stereocenters. The molecule has 0 rings (SSSR count). The lowest BCUT2D eigenvalue weighted by atomic mass is 9.97. The molecule has 2 amide bonds. The van der Waals surface area contributed by atoms with Crippen molar-refractivity contribution in [3.63, 3.8) is 0 Å². The summed E-state index contributed by atoms with van der Waals surface area (Å²) in [4.78, 5) is 37.0. The lowest BCUT2D eigenvalue weighted by Crippen LogP contribution is -2.43. The molecule has 0 bridgehead atoms. The number of carbonyl (C=O) groups is 3. The number of ether oxygens (including phenoxy) is 12. The van der Waals surface area contributed by atoms with Crippen LogP contribution in [0.4, 0.5) is 0 Å². The van der Waals surface area contributed by atoms with Crippen molar-refractivity contribution in [1.29, 1.82) is 0 Å². The maximum absolute atomic E-state index is 12.5. The van der Waals surface area contributed by atoms with E-state index >= 15 is 0 Å². The highest BCUT2D eigenvalue weighted by Gasteiger charge is 2.24. The Balaban J connectivity index is 3.37. The zero-order valence-corrected chi connectivity index (χ0v) is 35.2. The van der Waals surface area contributed by atoms with Crippen LogP contribution in [0.2, 0.25) is 0 Å². The van der Waals surface area contributed by atoms with Crippen LogP contribution in [0.1, 0.15) is 53.4 Å². The topological polar surface area (TPSA) is 186 Å². The van der Waals surface area contributed by atoms with Crippen LogP contribution in [0.3, 0.4) is 0 Å². The van der Waals surface area contributed by atoms with Gasteiger partial charge in [-0.05, 0) is 18.8 Å². The van der Waals surface area contributed by atoms with Crippen molar-refractivity contribution >= 4 is 17.6 Å². The number of Topliss-reactive ketones (excluding diaryl/α,β-unsaturated/α-hetero) is 1. The first-order chi connectivity index (χ1) is 27.3. The van der Waals surface area contributed by atoms with Gasteiger partial charge in [0.25, 0.3) is 0 Å². The van der Waals surface area contributed by atoms with E-state index in [1.165, 1.54) is 0 Å². The summed E-state index contributed by atoms with van der Waals surface area (Å²) in [5.74, 6) is -0.238. The molecule has 0 aliphatic heterocycles. The Kier molecular flexibility index (Phi) is 41.3. The van der Waals surface area contributed by atoms with Gasteiger partial charge in [0.05, 0.1) is 158 Å². The number of carbonyl (C=O) groups excluding carboxylic acids is 3. The van der Waals surface area contributed by atoms with Gasteiger partial charge in [-0.1, -0.05) is 27.7 Å². The average Bonchev–Trinajstić information content (AvgIpc) is 3.18. The first-order valence-corrected chi connectivity index (χ1v) is 20.2. The number of rotatable bonds is 45. The van der Waals surface area contributed by atoms with E-state index in [-0.39, 0.29) is 36.4 Å². The zero-order valence-electron chi connectivity index (χ0n) is 35.2. The summed E-state index contributed by atoms with van der Waals surface area (Å²) in [6.07, 6.45) is 1.53. The van der Waals surface area contributed by atoms with Crippen LogP contribution in [0.15, 0.2) is 0 Å². The zero-order chi connectivity index (χ0) is 41.2. The van der Waals surface area contributed by atoms with Gasteiger partial charge in [0.1, 0.15) is 0 Å². The second-order valence-corrected chi connectivity index (χ2v) is 13.2. The Hall–Kier alpha value is -1.87. The Bertz CT molecular complexity index is 885. The number of nitrogens with one attached hydrogen (secondary N) is 2. The quantitative estimate of drug-likeness (QED) is 0.0849. The summed E-state index contributed by atoms with van der Waals surface area (Å²) < 4.78 is 64.9. The molecule has 0 spiro atoms. The third-order valence-electron chi connectivity index (χ3n) is 7.58. The smallest absolute Gasteiger partial charge is 0.220 e. The van der Waals surface area contributed by atoms with Crippen LogP contribution in [0.5, 0.6) is 0 Å². The number of methoxy groups -OCH3 is 1. The van der Waals surface area contributed by atoms with E-state index in [1.54, 1.807) is 21.0 Å². The van der Waals surface area contributed by atoms with Crippen LogP contribution >= 0.6 is 0 Å². The van der Waals surface area contributed by atoms with Crippen molar-refractivity contribution in [2.75, 3.05) is 166 Å². The SMILES string of the molecule is COCCOCCOCCOCCOCCOCCOCCOCCOCCOCCOCCOCCNC(=O)CC[C@@H](NC(=O)CCC(C)C)C(=O)C(C)C. The van der Waals surface area contributed by atoms with Gasteiger partial charge in [-0.3, -0.25) is 14.4 Å². The minimum absolute atomic E-state index is 0.0656. The maximum Gasteiger partial charge on any atom is 0.220 e. The first-order valence-electron chi connectivity index (χ1n) is 20.2. The Labute approximate surface area is 336 Å². The van der Waals surface area contributed by atoms with E-state index in [2.05, 4.69) is 10.6 Å². The molecule has 17 heteroatoms. The molecular formula is C39H76N2O15. The molecule has 0 aromatic heterocycles. The van der Waals surface area contributed by atoms with Crippen LogP contribution < -0.4 is 10.6 Å². The molecular weight excluding hydrogens is 736 g/mol. The van der Waals surface area contributed by atoms with E-state index < -0.39 is 6.04 Å². The van der Waals surface area contributed by atoms with Crippen LogP contribution in [0, 0.1) is 11.8 Å². The highest BCUT2D eigenvalue weighted by molar-refractivity contribution is 5.90. The Morgan fingerprint density at radius 1 is 0.411 bits per heavy atom. The van der Waals surface area contributed by atoms with Crippen molar-refractivity contribution in [2.45, 2.75) is 59.4 Å². The first kappa shape index (κ1) is 54.1. The number of hydrogen-bond donors (Lipinski definition) is 2. The van der Waals surface area contributed by atoms with Crippen molar-refractivity contribution in [3.8, 4) is 0 Å². The molecule has 0 saturated heterocycles. The van der Waals surface area contributed by atoms with Crippen molar-refractivity contribution in [2.24, 2.45) is 11.8 Å². The molecule has 0 aliphatic carbocycles. The molecule has 0 saturated carbocycles. The minimum Gasteiger partial charge on any atom is -0.382 e. The number of ketones is 1. The Morgan fingerprint density at radius 3 is 1.02 bits per heavy atom. The predicted octanol–water partition coefficient (Wildman–Crippen LogP) is 1.86. The van der Waals surface area contributed by atoms with Gasteiger partial charge in [0.2, 0.25) is 11.8 Å². The second-order valence-electron chi connectivity index (χ2n) is 13.2. The van der Waals surface area contributed by atoms with Gasteiger partial charge in [0.15, 0.2) is 5.78 Å². The highest BCUT2D eigenvalue weighted by atomic mass is 16.6. The molecule has 2 N–H and O–H groups in total. The monoisotopic (exact) mass is 813 g/mol. The van der Waals surface area contributed by atoms with E-state index in [0.717, 1.165) is 6.42 Å². The largest absolute Gasteiger partial charge is 0.382 e. The van der Waals surface area contributed by atoms with E-state index in [1.807, 2.05) is 13.8 Å². The molecule has 0 heterocycles. The normalized spacial score (nSPS) is 12.1. The number of amides is 2. The molecule has 0 aliphatic rings. The summed E-state index contributed by atoms with van der Waals surface area (Å²) in [6, 6.07) is -0.656. The van der Waals surface area contributed by atoms with Gasteiger partial charge in [-0.2, -0.15) is 0 Å². The summed E-state index contributed by atoms with van der Waals surface area (Å²) in [6.45, 7) is 19.2. The predicted molar refractivity (Wildman–Crippen MR) is 209 cm³/mol. The summed E-state index contributed by atoms with van der Waals surface area (Å²) in [7, 11) is 1.64. The molecule has 0 aromatic carbocycles. The van der Waals surface area contributed by atoms with Gasteiger partial charge in [-0.15, -0.1) is 0 Å². The fourth-order valence-electron chi connectivity index (χ4n) is 4.44. The third kappa shape index (κ3) is 40.3. The van der Waals surface area contributed by atoms with Gasteiger partial charge >= 0.3 is 0 Å². The Morgan fingerprint density at radius 2 is 0.714 bits per heavy atom. The minimum atomic E-state index is -0.656. The standard InChI is InChI=1S/C39H76N2O15/c1-34(2)6-8-38(43)41-36(39(44)35(3)4)7-9-37(42)40-10-11-46-14-15-48-18-19-50-22-23-52-26-27-54-30-31-56-33-32-55-29-28-53-25-24-51-21-20-49-17-16-47-13-12-45-5/h34-36H,6-33H2,1-5H3,(H,40,42)(H,41,43)/t36-/m1/s1. The molecule has 17 nitrogen and oxygen atoms in total. The van der Waals surface area contributed by atoms with Crippen molar-refractivity contribution in [1.82, 2.24) is 10.6 Å². The fraction of sp³-hybridized carbons (Fsp3) is 0.923. The lowest BCUT2D eigenvalue weighted by molar-refractivity contribution is -0.130. The second kappa shape index (κ2) is 42.7. The molecule has 56 heavy (non-hydrogen) atoms. The maximum atomic E-state index is 12.5. The third-order valence-corrected chi connectivity index (χ3v) is 7.58. The van der Waals surface area contributed by atoms with Crippen molar-refractivity contribution in [3.05, 3.63) is 0 Å². The van der Waals surface area contributed by atoms with Gasteiger partial charge in [-0.25, -0.2) is 0 Å². The molecule has 0 aromatic rings.